The van der Waals surface area contributed by atoms with Gasteiger partial charge in [-0.05, 0) is 43.7 Å². The van der Waals surface area contributed by atoms with Crippen LogP contribution in [0.25, 0.3) is 11.4 Å². The van der Waals surface area contributed by atoms with Crippen molar-refractivity contribution >= 4 is 12.4 Å². The summed E-state index contributed by atoms with van der Waals surface area (Å²) in [5, 5.41) is 4.05. The van der Waals surface area contributed by atoms with Crippen molar-refractivity contribution < 1.29 is 9.26 Å². The Morgan fingerprint density at radius 3 is 2.82 bits per heavy atom. The van der Waals surface area contributed by atoms with Crippen molar-refractivity contribution in [3.63, 3.8) is 0 Å². The SMILES string of the molecule is COc1ccc(-c2noc(CN3CCCC3CN)n2)cc1.Cl. The average molecular weight is 325 g/mol. The molecular weight excluding hydrogens is 304 g/mol. The molecule has 7 heteroatoms. The fraction of sp³-hybridized carbons (Fsp3) is 0.467. The van der Waals surface area contributed by atoms with Gasteiger partial charge in [-0.25, -0.2) is 0 Å². The van der Waals surface area contributed by atoms with Gasteiger partial charge >= 0.3 is 0 Å². The highest BCUT2D eigenvalue weighted by Crippen LogP contribution is 2.22. The van der Waals surface area contributed by atoms with E-state index in [0.29, 0.717) is 30.8 Å². The highest BCUT2D eigenvalue weighted by molar-refractivity contribution is 5.85. The Hall–Kier alpha value is -1.63. The molecule has 3 rings (SSSR count). The van der Waals surface area contributed by atoms with Crippen LogP contribution >= 0.6 is 12.4 Å². The van der Waals surface area contributed by atoms with E-state index < -0.39 is 0 Å². The average Bonchev–Trinajstić information content (AvgIpc) is 3.17. The molecule has 2 aromatic rings. The molecule has 1 unspecified atom stereocenters. The molecule has 120 valence electrons. The van der Waals surface area contributed by atoms with E-state index in [1.165, 1.54) is 6.42 Å². The maximum Gasteiger partial charge on any atom is 0.241 e. The lowest BCUT2D eigenvalue weighted by Gasteiger charge is -2.20. The Labute approximate surface area is 136 Å². The maximum absolute atomic E-state index is 5.78. The van der Waals surface area contributed by atoms with Crippen molar-refractivity contribution in [1.29, 1.82) is 0 Å². The first kappa shape index (κ1) is 16.7. The van der Waals surface area contributed by atoms with Crippen molar-refractivity contribution in [2.75, 3.05) is 20.2 Å². The Kier molecular flexibility index (Phi) is 5.76. The Balaban J connectivity index is 0.00000176. The molecule has 2 N–H and O–H groups in total. The van der Waals surface area contributed by atoms with E-state index in [-0.39, 0.29) is 12.4 Å². The van der Waals surface area contributed by atoms with Gasteiger partial charge in [-0.3, -0.25) is 4.90 Å². The number of aromatic nitrogens is 2. The minimum atomic E-state index is 0. The summed E-state index contributed by atoms with van der Waals surface area (Å²) in [6, 6.07) is 8.05. The van der Waals surface area contributed by atoms with Gasteiger partial charge in [-0.1, -0.05) is 5.16 Å². The van der Waals surface area contributed by atoms with Gasteiger partial charge in [0, 0.05) is 18.2 Å². The fourth-order valence-corrected chi connectivity index (χ4v) is 2.72. The molecule has 1 atom stereocenters. The molecule has 0 spiro atoms. The van der Waals surface area contributed by atoms with Crippen molar-refractivity contribution in [3.8, 4) is 17.1 Å². The van der Waals surface area contributed by atoms with Crippen molar-refractivity contribution in [1.82, 2.24) is 15.0 Å². The fourth-order valence-electron chi connectivity index (χ4n) is 2.72. The number of hydrogen-bond acceptors (Lipinski definition) is 6. The van der Waals surface area contributed by atoms with Gasteiger partial charge in [0.1, 0.15) is 5.75 Å². The Morgan fingerprint density at radius 2 is 2.14 bits per heavy atom. The topological polar surface area (TPSA) is 77.4 Å². The van der Waals surface area contributed by atoms with E-state index in [1.54, 1.807) is 7.11 Å². The minimum Gasteiger partial charge on any atom is -0.497 e. The lowest BCUT2D eigenvalue weighted by Crippen LogP contribution is -2.34. The first-order valence-corrected chi connectivity index (χ1v) is 7.21. The third kappa shape index (κ3) is 3.58. The number of rotatable bonds is 5. The van der Waals surface area contributed by atoms with Crippen molar-refractivity contribution in [2.24, 2.45) is 5.73 Å². The molecule has 1 aliphatic rings. The van der Waals surface area contributed by atoms with Gasteiger partial charge < -0.3 is 15.0 Å². The number of hydrogen-bond donors (Lipinski definition) is 1. The van der Waals surface area contributed by atoms with Gasteiger partial charge in [0.15, 0.2) is 0 Å². The third-order valence-corrected chi connectivity index (χ3v) is 3.93. The number of methoxy groups -OCH3 is 1. The van der Waals surface area contributed by atoms with E-state index >= 15 is 0 Å². The van der Waals surface area contributed by atoms with Crippen LogP contribution in [0.2, 0.25) is 0 Å². The van der Waals surface area contributed by atoms with Crippen LogP contribution in [-0.2, 0) is 6.54 Å². The number of likely N-dealkylation sites (tertiary alicyclic amines) is 1. The van der Waals surface area contributed by atoms with Gasteiger partial charge in [-0.2, -0.15) is 4.98 Å². The van der Waals surface area contributed by atoms with Gasteiger partial charge in [-0.15, -0.1) is 12.4 Å². The first-order chi connectivity index (χ1) is 10.3. The van der Waals surface area contributed by atoms with E-state index in [9.17, 15) is 0 Å². The lowest BCUT2D eigenvalue weighted by molar-refractivity contribution is 0.214. The zero-order valence-electron chi connectivity index (χ0n) is 12.6. The number of halogens is 1. The molecule has 1 saturated heterocycles. The van der Waals surface area contributed by atoms with E-state index in [4.69, 9.17) is 15.0 Å². The van der Waals surface area contributed by atoms with Crippen molar-refractivity contribution in [2.45, 2.75) is 25.4 Å². The molecule has 0 amide bonds. The lowest BCUT2D eigenvalue weighted by atomic mass is 10.2. The summed E-state index contributed by atoms with van der Waals surface area (Å²) in [5.41, 5.74) is 6.70. The molecule has 1 fully saturated rings. The second kappa shape index (κ2) is 7.58. The quantitative estimate of drug-likeness (QED) is 0.907. The zero-order valence-corrected chi connectivity index (χ0v) is 13.4. The molecule has 1 aliphatic heterocycles. The largest absolute Gasteiger partial charge is 0.497 e. The molecule has 6 nitrogen and oxygen atoms in total. The van der Waals surface area contributed by atoms with E-state index in [2.05, 4.69) is 15.0 Å². The Bertz CT molecular complexity index is 587. The summed E-state index contributed by atoms with van der Waals surface area (Å²) in [5.74, 6) is 2.06. The predicted molar refractivity (Wildman–Crippen MR) is 86.0 cm³/mol. The summed E-state index contributed by atoms with van der Waals surface area (Å²) in [6.45, 7) is 2.40. The van der Waals surface area contributed by atoms with Crippen LogP contribution in [0.4, 0.5) is 0 Å². The third-order valence-electron chi connectivity index (χ3n) is 3.93. The Morgan fingerprint density at radius 1 is 1.36 bits per heavy atom. The number of nitrogens with two attached hydrogens (primary N) is 1. The summed E-state index contributed by atoms with van der Waals surface area (Å²) in [4.78, 5) is 6.78. The number of benzene rings is 1. The predicted octanol–water partition coefficient (Wildman–Crippen LogP) is 2.09. The van der Waals surface area contributed by atoms with Crippen LogP contribution in [0, 0.1) is 0 Å². The molecular formula is C15H21ClN4O2. The van der Waals surface area contributed by atoms with Crippen LogP contribution < -0.4 is 10.5 Å². The normalized spacial score (nSPS) is 18.2. The zero-order chi connectivity index (χ0) is 14.7. The van der Waals surface area contributed by atoms with Crippen molar-refractivity contribution in [3.05, 3.63) is 30.2 Å². The molecule has 0 saturated carbocycles. The monoisotopic (exact) mass is 324 g/mol. The summed E-state index contributed by atoms with van der Waals surface area (Å²) in [7, 11) is 1.64. The van der Waals surface area contributed by atoms with Crippen LogP contribution in [0.3, 0.4) is 0 Å². The first-order valence-electron chi connectivity index (χ1n) is 7.21. The number of ether oxygens (including phenoxy) is 1. The van der Waals surface area contributed by atoms with Crippen LogP contribution in [0.1, 0.15) is 18.7 Å². The second-order valence-corrected chi connectivity index (χ2v) is 5.24. The molecule has 0 aliphatic carbocycles. The summed E-state index contributed by atoms with van der Waals surface area (Å²) < 4.78 is 10.5. The molecule has 1 aromatic carbocycles. The van der Waals surface area contributed by atoms with E-state index in [0.717, 1.165) is 24.3 Å². The van der Waals surface area contributed by atoms with E-state index in [1.807, 2.05) is 24.3 Å². The molecule has 0 bridgehead atoms. The standard InChI is InChI=1S/C15H20N4O2.ClH/c1-20-13-6-4-11(5-7-13)15-17-14(21-18-15)10-19-8-2-3-12(19)9-16;/h4-7,12H,2-3,8-10,16H2,1H3;1H. The van der Waals surface area contributed by atoms with Gasteiger partial charge in [0.2, 0.25) is 11.7 Å². The van der Waals surface area contributed by atoms with Crippen LogP contribution in [0.5, 0.6) is 5.75 Å². The van der Waals surface area contributed by atoms with Crippen LogP contribution in [-0.4, -0.2) is 41.3 Å². The second-order valence-electron chi connectivity index (χ2n) is 5.24. The van der Waals surface area contributed by atoms with Gasteiger partial charge in [0.25, 0.3) is 0 Å². The molecule has 1 aromatic heterocycles. The minimum absolute atomic E-state index is 0. The van der Waals surface area contributed by atoms with Gasteiger partial charge in [0.05, 0.1) is 13.7 Å². The maximum atomic E-state index is 5.78. The molecule has 22 heavy (non-hydrogen) atoms. The smallest absolute Gasteiger partial charge is 0.241 e. The summed E-state index contributed by atoms with van der Waals surface area (Å²) >= 11 is 0. The molecule has 2 heterocycles. The highest BCUT2D eigenvalue weighted by atomic mass is 35.5. The molecule has 0 radical (unpaired) electrons. The summed E-state index contributed by atoms with van der Waals surface area (Å²) in [6.07, 6.45) is 2.33. The number of nitrogens with zero attached hydrogens (tertiary/aromatic N) is 3. The van der Waals surface area contributed by atoms with Crippen LogP contribution in [0.15, 0.2) is 28.8 Å². The highest BCUT2D eigenvalue weighted by Gasteiger charge is 2.25.